The van der Waals surface area contributed by atoms with E-state index >= 15 is 0 Å². The summed E-state index contributed by atoms with van der Waals surface area (Å²) in [7, 11) is 1.37. The molecule has 0 spiro atoms. The number of piperidine rings is 1. The first-order chi connectivity index (χ1) is 9.11. The lowest BCUT2D eigenvalue weighted by Crippen LogP contribution is -2.42. The van der Waals surface area contributed by atoms with Crippen LogP contribution in [-0.2, 0) is 9.53 Å². The number of methoxy groups -OCH3 is 1. The van der Waals surface area contributed by atoms with E-state index in [1.54, 1.807) is 17.0 Å². The second kappa shape index (κ2) is 6.02. The van der Waals surface area contributed by atoms with Gasteiger partial charge in [-0.05, 0) is 25.0 Å². The zero-order valence-electron chi connectivity index (χ0n) is 10.6. The number of likely N-dealkylation sites (tertiary alicyclic amines) is 1. The van der Waals surface area contributed by atoms with Crippen LogP contribution in [0.4, 0.5) is 0 Å². The highest BCUT2D eigenvalue weighted by molar-refractivity contribution is 6.29. The SMILES string of the molecule is COC(=O)[C@H]1CCCN(C(=O)c2ccc(Cl)nc2)C1. The molecule has 6 heteroatoms. The Morgan fingerprint density at radius 3 is 2.89 bits per heavy atom. The van der Waals surface area contributed by atoms with Gasteiger partial charge in [0.25, 0.3) is 5.91 Å². The number of esters is 1. The van der Waals surface area contributed by atoms with Gasteiger partial charge in [0.15, 0.2) is 0 Å². The minimum absolute atomic E-state index is 0.127. The molecule has 5 nitrogen and oxygen atoms in total. The Hall–Kier alpha value is -1.62. The monoisotopic (exact) mass is 282 g/mol. The van der Waals surface area contributed by atoms with Crippen LogP contribution in [0.5, 0.6) is 0 Å². The summed E-state index contributed by atoms with van der Waals surface area (Å²) in [4.78, 5) is 29.3. The maximum atomic E-state index is 12.3. The number of carbonyl (C=O) groups is 2. The lowest BCUT2D eigenvalue weighted by molar-refractivity contribution is -0.146. The number of halogens is 1. The zero-order chi connectivity index (χ0) is 13.8. The fourth-order valence-corrected chi connectivity index (χ4v) is 2.32. The lowest BCUT2D eigenvalue weighted by atomic mass is 9.97. The van der Waals surface area contributed by atoms with Gasteiger partial charge < -0.3 is 9.64 Å². The molecule has 1 atom stereocenters. The lowest BCUT2D eigenvalue weighted by Gasteiger charge is -2.31. The molecule has 0 aromatic carbocycles. The van der Waals surface area contributed by atoms with Crippen LogP contribution in [0.15, 0.2) is 18.3 Å². The van der Waals surface area contributed by atoms with Crippen molar-refractivity contribution < 1.29 is 14.3 Å². The van der Waals surface area contributed by atoms with Crippen LogP contribution in [0.25, 0.3) is 0 Å². The third-order valence-electron chi connectivity index (χ3n) is 3.22. The first-order valence-electron chi connectivity index (χ1n) is 6.10. The molecule has 2 heterocycles. The van der Waals surface area contributed by atoms with Crippen molar-refractivity contribution in [2.45, 2.75) is 12.8 Å². The Labute approximate surface area is 116 Å². The van der Waals surface area contributed by atoms with Crippen molar-refractivity contribution in [3.63, 3.8) is 0 Å². The first-order valence-corrected chi connectivity index (χ1v) is 6.48. The molecule has 0 aliphatic carbocycles. The molecule has 0 N–H and O–H groups in total. The molecule has 1 aliphatic heterocycles. The Morgan fingerprint density at radius 1 is 1.47 bits per heavy atom. The molecule has 0 saturated carbocycles. The molecule has 19 heavy (non-hydrogen) atoms. The predicted molar refractivity (Wildman–Crippen MR) is 69.9 cm³/mol. The number of carbonyl (C=O) groups excluding carboxylic acids is 2. The average molecular weight is 283 g/mol. The molecule has 1 amide bonds. The smallest absolute Gasteiger partial charge is 0.310 e. The van der Waals surface area contributed by atoms with Gasteiger partial charge in [-0.25, -0.2) is 4.98 Å². The summed E-state index contributed by atoms with van der Waals surface area (Å²) < 4.78 is 4.73. The van der Waals surface area contributed by atoms with Crippen molar-refractivity contribution in [3.05, 3.63) is 29.0 Å². The zero-order valence-corrected chi connectivity index (χ0v) is 11.4. The molecular weight excluding hydrogens is 268 g/mol. The standard InChI is InChI=1S/C13H15ClN2O3/c1-19-13(18)10-3-2-6-16(8-10)12(17)9-4-5-11(14)15-7-9/h4-5,7,10H,2-3,6,8H2,1H3/t10-/m0/s1. The van der Waals surface area contributed by atoms with E-state index in [0.717, 1.165) is 12.8 Å². The van der Waals surface area contributed by atoms with Crippen LogP contribution < -0.4 is 0 Å². The highest BCUT2D eigenvalue weighted by Crippen LogP contribution is 2.19. The largest absolute Gasteiger partial charge is 0.469 e. The van der Waals surface area contributed by atoms with Crippen molar-refractivity contribution in [2.24, 2.45) is 5.92 Å². The second-order valence-electron chi connectivity index (χ2n) is 4.48. The highest BCUT2D eigenvalue weighted by Gasteiger charge is 2.29. The first kappa shape index (κ1) is 13.8. The van der Waals surface area contributed by atoms with Crippen LogP contribution >= 0.6 is 11.6 Å². The molecule has 0 radical (unpaired) electrons. The maximum Gasteiger partial charge on any atom is 0.310 e. The normalized spacial score (nSPS) is 19.1. The molecule has 1 aromatic rings. The van der Waals surface area contributed by atoms with Crippen LogP contribution in [0.1, 0.15) is 23.2 Å². The second-order valence-corrected chi connectivity index (χ2v) is 4.87. The van der Waals surface area contributed by atoms with E-state index in [9.17, 15) is 9.59 Å². The van der Waals surface area contributed by atoms with Gasteiger partial charge in [-0.1, -0.05) is 11.6 Å². The Bertz CT molecular complexity index is 475. The highest BCUT2D eigenvalue weighted by atomic mass is 35.5. The summed E-state index contributed by atoms with van der Waals surface area (Å²) in [5, 5.41) is 0.350. The van der Waals surface area contributed by atoms with Crippen LogP contribution in [0.3, 0.4) is 0 Å². The molecule has 1 saturated heterocycles. The van der Waals surface area contributed by atoms with Gasteiger partial charge in [-0.3, -0.25) is 9.59 Å². The van der Waals surface area contributed by atoms with Gasteiger partial charge in [-0.2, -0.15) is 0 Å². The van der Waals surface area contributed by atoms with E-state index in [1.807, 2.05) is 0 Å². The van der Waals surface area contributed by atoms with Gasteiger partial charge in [0.2, 0.25) is 0 Å². The van der Waals surface area contributed by atoms with Crippen LogP contribution in [-0.4, -0.2) is 42.0 Å². The topological polar surface area (TPSA) is 59.5 Å². The Balaban J connectivity index is 2.06. The van der Waals surface area contributed by atoms with Gasteiger partial charge in [0.1, 0.15) is 5.15 Å². The molecule has 1 aromatic heterocycles. The summed E-state index contributed by atoms with van der Waals surface area (Å²) in [5.41, 5.74) is 0.481. The average Bonchev–Trinajstić information content (AvgIpc) is 2.46. The van der Waals surface area contributed by atoms with Crippen molar-refractivity contribution in [2.75, 3.05) is 20.2 Å². The molecular formula is C13H15ClN2O3. The number of nitrogens with zero attached hydrogens (tertiary/aromatic N) is 2. The van der Waals surface area contributed by atoms with Crippen molar-refractivity contribution in [3.8, 4) is 0 Å². The number of aromatic nitrogens is 1. The van der Waals surface area contributed by atoms with Gasteiger partial charge >= 0.3 is 5.97 Å². The van der Waals surface area contributed by atoms with Crippen LogP contribution in [0.2, 0.25) is 5.15 Å². The van der Waals surface area contributed by atoms with Gasteiger partial charge in [-0.15, -0.1) is 0 Å². The van der Waals surface area contributed by atoms with Crippen molar-refractivity contribution >= 4 is 23.5 Å². The molecule has 2 rings (SSSR count). The van der Waals surface area contributed by atoms with E-state index in [2.05, 4.69) is 4.98 Å². The maximum absolute atomic E-state index is 12.3. The van der Waals surface area contributed by atoms with Gasteiger partial charge in [0, 0.05) is 19.3 Å². The summed E-state index contributed by atoms with van der Waals surface area (Å²) >= 11 is 5.69. The minimum atomic E-state index is -0.258. The number of rotatable bonds is 2. The van der Waals surface area contributed by atoms with E-state index in [1.165, 1.54) is 13.3 Å². The summed E-state index contributed by atoms with van der Waals surface area (Å²) in [6.07, 6.45) is 3.01. The number of amides is 1. The quantitative estimate of drug-likeness (QED) is 0.613. The molecule has 1 fully saturated rings. The molecule has 0 unspecified atom stereocenters. The Kier molecular flexibility index (Phi) is 4.37. The number of pyridine rings is 1. The summed E-state index contributed by atoms with van der Waals surface area (Å²) in [6.45, 7) is 1.04. The molecule has 0 bridgehead atoms. The van der Waals surface area contributed by atoms with Crippen molar-refractivity contribution in [1.82, 2.24) is 9.88 Å². The molecule has 1 aliphatic rings. The number of ether oxygens (including phenoxy) is 1. The minimum Gasteiger partial charge on any atom is -0.469 e. The van der Waals surface area contributed by atoms with E-state index in [-0.39, 0.29) is 17.8 Å². The van der Waals surface area contributed by atoms with Crippen LogP contribution in [0, 0.1) is 5.92 Å². The van der Waals surface area contributed by atoms with E-state index in [0.29, 0.717) is 23.8 Å². The fourth-order valence-electron chi connectivity index (χ4n) is 2.21. The predicted octanol–water partition coefficient (Wildman–Crippen LogP) is 1.76. The summed E-state index contributed by atoms with van der Waals surface area (Å²) in [6, 6.07) is 3.22. The number of hydrogen-bond donors (Lipinski definition) is 0. The fraction of sp³-hybridized carbons (Fsp3) is 0.462. The van der Waals surface area contributed by atoms with Crippen molar-refractivity contribution in [1.29, 1.82) is 0 Å². The van der Waals surface area contributed by atoms with E-state index < -0.39 is 0 Å². The summed E-state index contributed by atoms with van der Waals surface area (Å²) in [5.74, 6) is -0.618. The van der Waals surface area contributed by atoms with Gasteiger partial charge in [0.05, 0.1) is 18.6 Å². The number of hydrogen-bond acceptors (Lipinski definition) is 4. The van der Waals surface area contributed by atoms with E-state index in [4.69, 9.17) is 16.3 Å². The molecule has 102 valence electrons. The Morgan fingerprint density at radius 2 is 2.26 bits per heavy atom. The third-order valence-corrected chi connectivity index (χ3v) is 3.44. The third kappa shape index (κ3) is 3.23.